The van der Waals surface area contributed by atoms with Crippen molar-refractivity contribution >= 4 is 46.6 Å². The van der Waals surface area contributed by atoms with Crippen molar-refractivity contribution in [1.82, 2.24) is 0 Å². The molecule has 0 aromatic heterocycles. The molecule has 2 N–H and O–H groups in total. The lowest BCUT2D eigenvalue weighted by Crippen LogP contribution is -2.49. The van der Waals surface area contributed by atoms with Crippen LogP contribution in [0.15, 0.2) is 78.9 Å². The molecule has 0 unspecified atom stereocenters. The molecule has 8 heteroatoms. The second-order valence-electron chi connectivity index (χ2n) is 8.46. The number of esters is 1. The van der Waals surface area contributed by atoms with E-state index in [9.17, 15) is 14.4 Å². The van der Waals surface area contributed by atoms with Crippen molar-refractivity contribution in [1.29, 1.82) is 0 Å². The first-order chi connectivity index (χ1) is 17.5. The number of nitrogens with zero attached hydrogens (tertiary/aromatic N) is 1. The molecule has 1 heterocycles. The van der Waals surface area contributed by atoms with Crippen LogP contribution in [-0.2, 0) is 32.1 Å². The normalized spacial score (nSPS) is 14.5. The Kier molecular flexibility index (Phi) is 8.62. The second-order valence-corrected chi connectivity index (χ2v) is 9.57. The van der Waals surface area contributed by atoms with Crippen LogP contribution in [0.3, 0.4) is 0 Å². The van der Waals surface area contributed by atoms with Crippen molar-refractivity contribution in [3.63, 3.8) is 0 Å². The summed E-state index contributed by atoms with van der Waals surface area (Å²) >= 11 is 1.39. The fourth-order valence-electron chi connectivity index (χ4n) is 4.10. The zero-order chi connectivity index (χ0) is 25.3. The van der Waals surface area contributed by atoms with Crippen molar-refractivity contribution in [2.75, 3.05) is 34.1 Å². The van der Waals surface area contributed by atoms with E-state index >= 15 is 0 Å². The van der Waals surface area contributed by atoms with E-state index in [1.54, 1.807) is 0 Å². The summed E-state index contributed by atoms with van der Waals surface area (Å²) in [5.41, 5.74) is 4.63. The number of amides is 2. The monoisotopic (exact) mass is 503 g/mol. The molecule has 0 aliphatic carbocycles. The van der Waals surface area contributed by atoms with Crippen LogP contribution in [0.5, 0.6) is 0 Å². The Bertz CT molecular complexity index is 1200. The van der Waals surface area contributed by atoms with Gasteiger partial charge in [-0.1, -0.05) is 54.6 Å². The molecule has 0 fully saturated rings. The quantitative estimate of drug-likeness (QED) is 0.313. The smallest absolute Gasteiger partial charge is 0.306 e. The van der Waals surface area contributed by atoms with E-state index in [4.69, 9.17) is 0 Å². The van der Waals surface area contributed by atoms with Crippen LogP contribution >= 0.6 is 11.8 Å². The standard InChI is InChI=1S/C28H29N3O4S/c1-35-27(33)15-16-36-19-26(32)29-22-13-11-21(12-14-22)18-31-24-10-6-5-9-23(24)30-28(34)25(31)17-20-7-3-2-4-8-20/h2-14,25H,15-19H2,1H3,(H,29,32)(H,30,34)/t25-/m0/s1. The van der Waals surface area contributed by atoms with Gasteiger partial charge in [0.05, 0.1) is 30.7 Å². The molecule has 1 atom stereocenters. The van der Waals surface area contributed by atoms with Crippen LogP contribution in [0.4, 0.5) is 17.1 Å². The van der Waals surface area contributed by atoms with Gasteiger partial charge in [0, 0.05) is 24.4 Å². The second kappa shape index (κ2) is 12.3. The maximum absolute atomic E-state index is 13.1. The molecule has 1 aliphatic heterocycles. The summed E-state index contributed by atoms with van der Waals surface area (Å²) in [7, 11) is 1.35. The minimum atomic E-state index is -0.344. The number of methoxy groups -OCH3 is 1. The number of anilines is 3. The van der Waals surface area contributed by atoms with Crippen molar-refractivity contribution in [3.05, 3.63) is 90.0 Å². The van der Waals surface area contributed by atoms with E-state index in [0.717, 1.165) is 22.5 Å². The largest absolute Gasteiger partial charge is 0.469 e. The summed E-state index contributed by atoms with van der Waals surface area (Å²) in [6, 6.07) is 25.2. The van der Waals surface area contributed by atoms with Gasteiger partial charge in [-0.05, 0) is 35.4 Å². The van der Waals surface area contributed by atoms with Crippen molar-refractivity contribution in [2.24, 2.45) is 0 Å². The third-order valence-corrected chi connectivity index (χ3v) is 6.88. The minimum absolute atomic E-state index is 0.0221. The summed E-state index contributed by atoms with van der Waals surface area (Å²) in [6.07, 6.45) is 0.884. The summed E-state index contributed by atoms with van der Waals surface area (Å²) in [6.45, 7) is 0.555. The number of thioether (sulfide) groups is 1. The Morgan fingerprint density at radius 1 is 0.972 bits per heavy atom. The SMILES string of the molecule is COC(=O)CCSCC(=O)Nc1ccc(CN2c3ccccc3NC(=O)[C@@H]2Cc2ccccc2)cc1. The lowest BCUT2D eigenvalue weighted by atomic mass is 9.99. The summed E-state index contributed by atoms with van der Waals surface area (Å²) in [4.78, 5) is 38.6. The Labute approximate surface area is 215 Å². The molecular weight excluding hydrogens is 474 g/mol. The molecule has 186 valence electrons. The molecular formula is C28H29N3O4S. The van der Waals surface area contributed by atoms with Gasteiger partial charge in [0.15, 0.2) is 0 Å². The third-order valence-electron chi connectivity index (χ3n) is 5.92. The summed E-state index contributed by atoms with van der Waals surface area (Å²) in [5.74, 6) is 0.375. The number of benzene rings is 3. The molecule has 0 spiro atoms. The third kappa shape index (κ3) is 6.66. The van der Waals surface area contributed by atoms with Gasteiger partial charge in [0.25, 0.3) is 0 Å². The zero-order valence-electron chi connectivity index (χ0n) is 20.1. The molecule has 3 aromatic rings. The molecule has 36 heavy (non-hydrogen) atoms. The number of ether oxygens (including phenoxy) is 1. The first-order valence-electron chi connectivity index (χ1n) is 11.8. The van der Waals surface area contributed by atoms with Crippen molar-refractivity contribution < 1.29 is 19.1 Å². The van der Waals surface area contributed by atoms with Crippen LogP contribution in [0.1, 0.15) is 17.5 Å². The number of hydrogen-bond donors (Lipinski definition) is 2. The van der Waals surface area contributed by atoms with Gasteiger partial charge in [-0.3, -0.25) is 14.4 Å². The fourth-order valence-corrected chi connectivity index (χ4v) is 4.81. The maximum atomic E-state index is 13.1. The number of nitrogens with one attached hydrogen (secondary N) is 2. The lowest BCUT2D eigenvalue weighted by molar-refractivity contribution is -0.140. The van der Waals surface area contributed by atoms with Crippen molar-refractivity contribution in [2.45, 2.75) is 25.4 Å². The van der Waals surface area contributed by atoms with Crippen LogP contribution in [0.2, 0.25) is 0 Å². The van der Waals surface area contributed by atoms with Gasteiger partial charge in [-0.2, -0.15) is 11.8 Å². The highest BCUT2D eigenvalue weighted by atomic mass is 32.2. The predicted molar refractivity (Wildman–Crippen MR) is 144 cm³/mol. The molecule has 4 rings (SSSR count). The van der Waals surface area contributed by atoms with Crippen molar-refractivity contribution in [3.8, 4) is 0 Å². The van der Waals surface area contributed by atoms with Crippen LogP contribution in [-0.4, -0.2) is 42.4 Å². The fraction of sp³-hybridized carbons (Fsp3) is 0.250. The number of rotatable bonds is 10. The maximum Gasteiger partial charge on any atom is 0.306 e. The van der Waals surface area contributed by atoms with Gasteiger partial charge >= 0.3 is 5.97 Å². The van der Waals surface area contributed by atoms with Crippen LogP contribution in [0.25, 0.3) is 0 Å². The average molecular weight is 504 g/mol. The van der Waals surface area contributed by atoms with E-state index in [0.29, 0.717) is 24.4 Å². The number of para-hydroxylation sites is 2. The average Bonchev–Trinajstić information content (AvgIpc) is 2.90. The molecule has 0 radical (unpaired) electrons. The van der Waals surface area contributed by atoms with E-state index in [1.165, 1.54) is 18.9 Å². The highest BCUT2D eigenvalue weighted by Crippen LogP contribution is 2.34. The van der Waals surface area contributed by atoms with Crippen LogP contribution < -0.4 is 15.5 Å². The van der Waals surface area contributed by atoms with E-state index in [2.05, 4.69) is 20.3 Å². The Morgan fingerprint density at radius 2 is 1.69 bits per heavy atom. The Balaban J connectivity index is 1.42. The topological polar surface area (TPSA) is 87.7 Å². The molecule has 1 aliphatic rings. The highest BCUT2D eigenvalue weighted by Gasteiger charge is 2.32. The van der Waals surface area contributed by atoms with E-state index in [1.807, 2.05) is 78.9 Å². The van der Waals surface area contributed by atoms with Gasteiger partial charge in [0.2, 0.25) is 11.8 Å². The van der Waals surface area contributed by atoms with E-state index < -0.39 is 0 Å². The number of fused-ring (bicyclic) bond motifs is 1. The Hall–Kier alpha value is -3.78. The number of carbonyl (C=O) groups excluding carboxylic acids is 3. The predicted octanol–water partition coefficient (Wildman–Crippen LogP) is 4.49. The molecule has 0 saturated heterocycles. The number of hydrogen-bond acceptors (Lipinski definition) is 6. The summed E-state index contributed by atoms with van der Waals surface area (Å²) in [5, 5.41) is 5.94. The lowest BCUT2D eigenvalue weighted by Gasteiger charge is -2.38. The first-order valence-corrected chi connectivity index (χ1v) is 12.9. The molecule has 2 amide bonds. The van der Waals surface area contributed by atoms with Crippen LogP contribution in [0, 0.1) is 0 Å². The number of carbonyl (C=O) groups is 3. The molecule has 0 bridgehead atoms. The van der Waals surface area contributed by atoms with Gasteiger partial charge in [0.1, 0.15) is 6.04 Å². The van der Waals surface area contributed by atoms with Gasteiger partial charge in [-0.25, -0.2) is 0 Å². The molecule has 0 saturated carbocycles. The highest BCUT2D eigenvalue weighted by molar-refractivity contribution is 7.99. The van der Waals surface area contributed by atoms with Gasteiger partial charge < -0.3 is 20.3 Å². The van der Waals surface area contributed by atoms with Gasteiger partial charge in [-0.15, -0.1) is 0 Å². The Morgan fingerprint density at radius 3 is 2.44 bits per heavy atom. The molecule has 7 nitrogen and oxygen atoms in total. The summed E-state index contributed by atoms with van der Waals surface area (Å²) < 4.78 is 4.60. The zero-order valence-corrected chi connectivity index (χ0v) is 20.9. The van der Waals surface area contributed by atoms with E-state index in [-0.39, 0.29) is 36.0 Å². The first kappa shape index (κ1) is 25.3. The minimum Gasteiger partial charge on any atom is -0.469 e. The molecule has 3 aromatic carbocycles.